The maximum atomic E-state index is 12.6. The number of benzene rings is 1. The Morgan fingerprint density at radius 3 is 2.90 bits per heavy atom. The highest BCUT2D eigenvalue weighted by Gasteiger charge is 2.35. The molecule has 3 nitrogen and oxygen atoms in total. The third-order valence-corrected chi connectivity index (χ3v) is 5.15. The Morgan fingerprint density at radius 2 is 2.25 bits per heavy atom. The number of alkyl halides is 1. The van der Waals surface area contributed by atoms with E-state index in [4.69, 9.17) is 4.74 Å². The van der Waals surface area contributed by atoms with Crippen LogP contribution in [-0.2, 0) is 0 Å². The summed E-state index contributed by atoms with van der Waals surface area (Å²) in [6, 6.07) is 7.36. The standard InChI is InChI=1S/C16H22BrNO2/c1-12-6-5-9-16(10-12,11-17)18-15(19)13-7-3-4-8-14(13)20-2/h3-4,7-8,12H,5-6,9-11H2,1-2H3,(H,18,19). The summed E-state index contributed by atoms with van der Waals surface area (Å²) in [5.74, 6) is 1.23. The molecule has 1 N–H and O–H groups in total. The zero-order valence-corrected chi connectivity index (χ0v) is 13.7. The number of halogens is 1. The van der Waals surface area contributed by atoms with Gasteiger partial charge < -0.3 is 10.1 Å². The van der Waals surface area contributed by atoms with Crippen molar-refractivity contribution in [1.82, 2.24) is 5.32 Å². The number of rotatable bonds is 4. The highest BCUT2D eigenvalue weighted by Crippen LogP contribution is 2.34. The van der Waals surface area contributed by atoms with E-state index in [-0.39, 0.29) is 11.4 Å². The number of amides is 1. The van der Waals surface area contributed by atoms with Crippen LogP contribution in [0, 0.1) is 5.92 Å². The Kier molecular flexibility index (Phi) is 5.08. The van der Waals surface area contributed by atoms with Crippen LogP contribution in [0.5, 0.6) is 5.75 Å². The summed E-state index contributed by atoms with van der Waals surface area (Å²) in [6.45, 7) is 2.26. The zero-order valence-electron chi connectivity index (χ0n) is 12.1. The van der Waals surface area contributed by atoms with Crippen LogP contribution in [0.4, 0.5) is 0 Å². The predicted octanol–water partition coefficient (Wildman–Crippen LogP) is 3.77. The van der Waals surface area contributed by atoms with Gasteiger partial charge in [0.2, 0.25) is 0 Å². The molecule has 2 unspecified atom stereocenters. The van der Waals surface area contributed by atoms with E-state index in [1.165, 1.54) is 12.8 Å². The lowest BCUT2D eigenvalue weighted by Gasteiger charge is -2.39. The zero-order chi connectivity index (χ0) is 14.6. The fraction of sp³-hybridized carbons (Fsp3) is 0.562. The van der Waals surface area contributed by atoms with Gasteiger partial charge in [-0.25, -0.2) is 0 Å². The van der Waals surface area contributed by atoms with Gasteiger partial charge in [0.1, 0.15) is 5.75 Å². The summed E-state index contributed by atoms with van der Waals surface area (Å²) in [4.78, 5) is 12.6. The van der Waals surface area contributed by atoms with Gasteiger partial charge in [0, 0.05) is 5.33 Å². The molecule has 0 saturated heterocycles. The average Bonchev–Trinajstić information content (AvgIpc) is 2.47. The summed E-state index contributed by atoms with van der Waals surface area (Å²) in [7, 11) is 1.59. The highest BCUT2D eigenvalue weighted by atomic mass is 79.9. The molecule has 20 heavy (non-hydrogen) atoms. The minimum atomic E-state index is -0.129. The normalized spacial score (nSPS) is 26.1. The van der Waals surface area contributed by atoms with Crippen molar-refractivity contribution in [2.75, 3.05) is 12.4 Å². The largest absolute Gasteiger partial charge is 0.496 e. The van der Waals surface area contributed by atoms with E-state index in [1.807, 2.05) is 24.3 Å². The van der Waals surface area contributed by atoms with Gasteiger partial charge >= 0.3 is 0 Å². The van der Waals surface area contributed by atoms with Gasteiger partial charge in [-0.15, -0.1) is 0 Å². The van der Waals surface area contributed by atoms with E-state index >= 15 is 0 Å². The number of para-hydroxylation sites is 1. The van der Waals surface area contributed by atoms with Crippen LogP contribution in [0.15, 0.2) is 24.3 Å². The van der Waals surface area contributed by atoms with Gasteiger partial charge in [0.25, 0.3) is 5.91 Å². The Hall–Kier alpha value is -1.03. The number of carbonyl (C=O) groups is 1. The molecule has 4 heteroatoms. The van der Waals surface area contributed by atoms with Gasteiger partial charge in [0.05, 0.1) is 18.2 Å². The summed E-state index contributed by atoms with van der Waals surface area (Å²) in [5.41, 5.74) is 0.476. The molecule has 1 fully saturated rings. The predicted molar refractivity (Wildman–Crippen MR) is 84.6 cm³/mol. The molecule has 2 atom stereocenters. The van der Waals surface area contributed by atoms with Crippen molar-refractivity contribution in [2.45, 2.75) is 38.1 Å². The van der Waals surface area contributed by atoms with E-state index in [1.54, 1.807) is 7.11 Å². The van der Waals surface area contributed by atoms with Crippen LogP contribution in [-0.4, -0.2) is 23.9 Å². The van der Waals surface area contributed by atoms with Crippen molar-refractivity contribution in [2.24, 2.45) is 5.92 Å². The van der Waals surface area contributed by atoms with Crippen LogP contribution in [0.25, 0.3) is 0 Å². The number of ether oxygens (including phenoxy) is 1. The lowest BCUT2D eigenvalue weighted by Crippen LogP contribution is -2.52. The van der Waals surface area contributed by atoms with Crippen LogP contribution in [0.2, 0.25) is 0 Å². The minimum Gasteiger partial charge on any atom is -0.496 e. The Labute approximate surface area is 129 Å². The number of hydrogen-bond acceptors (Lipinski definition) is 2. The first kappa shape index (κ1) is 15.4. The molecular weight excluding hydrogens is 318 g/mol. The molecule has 2 rings (SSSR count). The van der Waals surface area contributed by atoms with E-state index < -0.39 is 0 Å². The molecule has 0 spiro atoms. The smallest absolute Gasteiger partial charge is 0.255 e. The first-order valence-electron chi connectivity index (χ1n) is 7.12. The minimum absolute atomic E-state index is 0.0454. The van der Waals surface area contributed by atoms with Gasteiger partial charge in [-0.3, -0.25) is 4.79 Å². The molecule has 0 aliphatic heterocycles. The van der Waals surface area contributed by atoms with Crippen LogP contribution >= 0.6 is 15.9 Å². The van der Waals surface area contributed by atoms with E-state index in [2.05, 4.69) is 28.2 Å². The fourth-order valence-corrected chi connectivity index (χ4v) is 3.72. The van der Waals surface area contributed by atoms with Crippen molar-refractivity contribution in [3.63, 3.8) is 0 Å². The summed E-state index contributed by atoms with van der Waals surface area (Å²) in [6.07, 6.45) is 4.47. The molecular formula is C16H22BrNO2. The first-order chi connectivity index (χ1) is 9.60. The molecule has 1 aliphatic carbocycles. The SMILES string of the molecule is COc1ccccc1C(=O)NC1(CBr)CCCC(C)C1. The molecule has 1 aromatic carbocycles. The second-order valence-electron chi connectivity index (χ2n) is 5.77. The lowest BCUT2D eigenvalue weighted by atomic mass is 9.77. The number of carbonyl (C=O) groups excluding carboxylic acids is 1. The summed E-state index contributed by atoms with van der Waals surface area (Å²) < 4.78 is 5.27. The van der Waals surface area contributed by atoms with Crippen LogP contribution < -0.4 is 10.1 Å². The van der Waals surface area contributed by atoms with Crippen LogP contribution in [0.1, 0.15) is 43.0 Å². The Balaban J connectivity index is 2.17. The lowest BCUT2D eigenvalue weighted by molar-refractivity contribution is 0.0866. The van der Waals surface area contributed by atoms with Crippen molar-refractivity contribution < 1.29 is 9.53 Å². The number of hydrogen-bond donors (Lipinski definition) is 1. The van der Waals surface area contributed by atoms with Crippen molar-refractivity contribution in [3.8, 4) is 5.75 Å². The summed E-state index contributed by atoms with van der Waals surface area (Å²) >= 11 is 3.59. The number of nitrogens with one attached hydrogen (secondary N) is 1. The van der Waals surface area contributed by atoms with Gasteiger partial charge in [-0.2, -0.15) is 0 Å². The van der Waals surface area contributed by atoms with Crippen molar-refractivity contribution in [1.29, 1.82) is 0 Å². The second kappa shape index (κ2) is 6.61. The second-order valence-corrected chi connectivity index (χ2v) is 6.33. The molecule has 1 saturated carbocycles. The quantitative estimate of drug-likeness (QED) is 0.848. The molecule has 0 aromatic heterocycles. The first-order valence-corrected chi connectivity index (χ1v) is 8.24. The number of methoxy groups -OCH3 is 1. The fourth-order valence-electron chi connectivity index (χ4n) is 3.07. The molecule has 1 aliphatic rings. The molecule has 1 amide bonds. The average molecular weight is 340 g/mol. The van der Waals surface area contributed by atoms with E-state index in [0.29, 0.717) is 17.2 Å². The van der Waals surface area contributed by atoms with Crippen molar-refractivity contribution in [3.05, 3.63) is 29.8 Å². The summed E-state index contributed by atoms with van der Waals surface area (Å²) in [5, 5.41) is 4.03. The molecule has 110 valence electrons. The molecule has 0 bridgehead atoms. The Morgan fingerprint density at radius 1 is 1.50 bits per heavy atom. The monoisotopic (exact) mass is 339 g/mol. The van der Waals surface area contributed by atoms with Gasteiger partial charge in [0.15, 0.2) is 0 Å². The molecule has 0 heterocycles. The molecule has 1 aromatic rings. The molecule has 0 radical (unpaired) electrons. The van der Waals surface area contributed by atoms with E-state index in [9.17, 15) is 4.79 Å². The maximum absolute atomic E-state index is 12.6. The third-order valence-electron chi connectivity index (χ3n) is 4.08. The highest BCUT2D eigenvalue weighted by molar-refractivity contribution is 9.09. The van der Waals surface area contributed by atoms with Crippen LogP contribution in [0.3, 0.4) is 0 Å². The van der Waals surface area contributed by atoms with Gasteiger partial charge in [-0.1, -0.05) is 47.8 Å². The van der Waals surface area contributed by atoms with Crippen molar-refractivity contribution >= 4 is 21.8 Å². The maximum Gasteiger partial charge on any atom is 0.255 e. The van der Waals surface area contributed by atoms with E-state index in [0.717, 1.165) is 18.2 Å². The van der Waals surface area contributed by atoms with Gasteiger partial charge in [-0.05, 0) is 30.9 Å². The third kappa shape index (κ3) is 3.35. The Bertz CT molecular complexity index is 477. The topological polar surface area (TPSA) is 38.3 Å².